The number of alkyl halides is 3. The highest BCUT2D eigenvalue weighted by Crippen LogP contribution is 2.38. The van der Waals surface area contributed by atoms with Gasteiger partial charge in [-0.15, -0.1) is 0 Å². The van der Waals surface area contributed by atoms with Crippen LogP contribution in [0.25, 0.3) is 16.6 Å². The van der Waals surface area contributed by atoms with Crippen molar-refractivity contribution in [2.24, 2.45) is 0 Å². The topological polar surface area (TPSA) is 143 Å². The Kier molecular flexibility index (Phi) is 6.93. The van der Waals surface area contributed by atoms with Gasteiger partial charge in [0.1, 0.15) is 23.2 Å². The number of anilines is 3. The highest BCUT2D eigenvalue weighted by Gasteiger charge is 2.35. The molecule has 3 aromatic heterocycles. The minimum Gasteiger partial charge on any atom is -0.504 e. The van der Waals surface area contributed by atoms with E-state index in [1.165, 1.54) is 18.5 Å². The van der Waals surface area contributed by atoms with E-state index in [-0.39, 0.29) is 11.5 Å². The van der Waals surface area contributed by atoms with E-state index in [1.807, 2.05) is 11.4 Å². The maximum atomic E-state index is 15.1. The first kappa shape index (κ1) is 26.1. The van der Waals surface area contributed by atoms with Gasteiger partial charge >= 0.3 is 12.2 Å². The first-order chi connectivity index (χ1) is 18.6. The summed E-state index contributed by atoms with van der Waals surface area (Å²) < 4.78 is 61.1. The molecule has 0 spiro atoms. The van der Waals surface area contributed by atoms with E-state index in [2.05, 4.69) is 25.3 Å². The molecule has 39 heavy (non-hydrogen) atoms. The second-order valence-corrected chi connectivity index (χ2v) is 8.67. The van der Waals surface area contributed by atoms with Crippen molar-refractivity contribution < 1.29 is 32.2 Å². The van der Waals surface area contributed by atoms with Gasteiger partial charge in [0, 0.05) is 31.4 Å². The molecule has 0 bridgehead atoms. The monoisotopic (exact) mass is 546 g/mol. The van der Waals surface area contributed by atoms with Crippen LogP contribution in [-0.2, 0) is 17.5 Å². The lowest BCUT2D eigenvalue weighted by molar-refractivity contribution is -0.138. The number of fused-ring (bicyclic) bond motifs is 1. The Morgan fingerprint density at radius 3 is 2.62 bits per heavy atom. The molecule has 1 aliphatic heterocycles. The molecule has 15 heteroatoms. The van der Waals surface area contributed by atoms with Crippen molar-refractivity contribution in [1.82, 2.24) is 24.5 Å². The molecule has 5 rings (SSSR count). The van der Waals surface area contributed by atoms with E-state index < -0.39 is 35.2 Å². The summed E-state index contributed by atoms with van der Waals surface area (Å²) in [5, 5.41) is 18.3. The lowest BCUT2D eigenvalue weighted by Crippen LogP contribution is -2.36. The SMILES string of the molecule is Nc1ncnn2c(CN3CCOCC3)cc(-c3ccc(NC(=O)Nc4nccc(C(F)(F)F)c4O)c(F)c3)c12. The average molecular weight is 546 g/mol. The van der Waals surface area contributed by atoms with Crippen LogP contribution in [0.2, 0.25) is 0 Å². The summed E-state index contributed by atoms with van der Waals surface area (Å²) in [5.74, 6) is -2.62. The van der Waals surface area contributed by atoms with Gasteiger partial charge in [-0.2, -0.15) is 18.3 Å². The fourth-order valence-corrected chi connectivity index (χ4v) is 4.27. The summed E-state index contributed by atoms with van der Waals surface area (Å²) >= 11 is 0. The normalized spacial score (nSPS) is 14.5. The van der Waals surface area contributed by atoms with Crippen LogP contribution in [0, 0.1) is 5.82 Å². The maximum absolute atomic E-state index is 15.1. The summed E-state index contributed by atoms with van der Waals surface area (Å²) in [6.07, 6.45) is -2.75. The zero-order valence-corrected chi connectivity index (χ0v) is 20.2. The van der Waals surface area contributed by atoms with Gasteiger partial charge in [0.2, 0.25) is 0 Å². The van der Waals surface area contributed by atoms with Gasteiger partial charge in [0.25, 0.3) is 0 Å². The molecule has 0 radical (unpaired) electrons. The van der Waals surface area contributed by atoms with Gasteiger partial charge in [-0.3, -0.25) is 10.2 Å². The Labute approximate surface area is 218 Å². The van der Waals surface area contributed by atoms with Crippen LogP contribution in [0.1, 0.15) is 11.3 Å². The molecule has 0 unspecified atom stereocenters. The quantitative estimate of drug-likeness (QED) is 0.278. The van der Waals surface area contributed by atoms with Crippen molar-refractivity contribution in [3.63, 3.8) is 0 Å². The minimum atomic E-state index is -4.86. The molecule has 0 atom stereocenters. The largest absolute Gasteiger partial charge is 0.504 e. The number of ether oxygens (including phenoxy) is 1. The van der Waals surface area contributed by atoms with Crippen molar-refractivity contribution >= 4 is 28.9 Å². The Bertz CT molecular complexity index is 1540. The zero-order chi connectivity index (χ0) is 27.7. The summed E-state index contributed by atoms with van der Waals surface area (Å²) in [5.41, 5.74) is 6.81. The van der Waals surface area contributed by atoms with Crippen LogP contribution >= 0.6 is 0 Å². The van der Waals surface area contributed by atoms with Gasteiger partial charge in [0.15, 0.2) is 17.4 Å². The maximum Gasteiger partial charge on any atom is 0.420 e. The number of nitrogens with one attached hydrogen (secondary N) is 2. The molecule has 4 heterocycles. The predicted molar refractivity (Wildman–Crippen MR) is 132 cm³/mol. The Hall–Kier alpha value is -4.50. The van der Waals surface area contributed by atoms with E-state index in [0.717, 1.165) is 25.0 Å². The number of halogens is 4. The van der Waals surface area contributed by atoms with E-state index in [4.69, 9.17) is 10.5 Å². The van der Waals surface area contributed by atoms with Gasteiger partial charge in [-0.05, 0) is 29.8 Å². The number of amides is 2. The van der Waals surface area contributed by atoms with Gasteiger partial charge < -0.3 is 20.9 Å². The third kappa shape index (κ3) is 5.39. The van der Waals surface area contributed by atoms with Gasteiger partial charge in [0.05, 0.1) is 24.6 Å². The van der Waals surface area contributed by atoms with Crippen molar-refractivity contribution in [3.8, 4) is 16.9 Å². The number of nitrogens with zero attached hydrogens (tertiary/aromatic N) is 5. The second kappa shape index (κ2) is 10.3. The number of pyridine rings is 1. The fourth-order valence-electron chi connectivity index (χ4n) is 4.27. The van der Waals surface area contributed by atoms with Crippen molar-refractivity contribution in [2.75, 3.05) is 42.7 Å². The van der Waals surface area contributed by atoms with E-state index in [0.29, 0.717) is 42.5 Å². The highest BCUT2D eigenvalue weighted by molar-refractivity contribution is 6.00. The van der Waals surface area contributed by atoms with Crippen LogP contribution < -0.4 is 16.4 Å². The number of nitrogen functional groups attached to an aromatic ring is 1. The summed E-state index contributed by atoms with van der Waals surface area (Å²) in [4.78, 5) is 22.1. The molecule has 0 saturated carbocycles. The number of hydrogen-bond donors (Lipinski definition) is 4. The number of carbonyl (C=O) groups is 1. The van der Waals surface area contributed by atoms with Crippen molar-refractivity contribution in [2.45, 2.75) is 12.7 Å². The number of nitrogens with two attached hydrogens (primary N) is 1. The first-order valence-corrected chi connectivity index (χ1v) is 11.7. The molecule has 4 aromatic rings. The third-order valence-electron chi connectivity index (χ3n) is 6.14. The molecule has 204 valence electrons. The van der Waals surface area contributed by atoms with Crippen LogP contribution in [0.15, 0.2) is 42.9 Å². The van der Waals surface area contributed by atoms with Gasteiger partial charge in [-0.25, -0.2) is 23.7 Å². The molecule has 5 N–H and O–H groups in total. The minimum absolute atomic E-state index is 0.198. The van der Waals surface area contributed by atoms with Crippen molar-refractivity contribution in [1.29, 1.82) is 0 Å². The molecular formula is C24H22F4N8O3. The van der Waals surface area contributed by atoms with Crippen molar-refractivity contribution in [3.05, 3.63) is 59.9 Å². The van der Waals surface area contributed by atoms with Gasteiger partial charge in [-0.1, -0.05) is 6.07 Å². The molecule has 1 aliphatic rings. The third-order valence-corrected chi connectivity index (χ3v) is 6.14. The molecule has 1 aromatic carbocycles. The van der Waals surface area contributed by atoms with E-state index in [1.54, 1.807) is 10.6 Å². The Morgan fingerprint density at radius 1 is 1.13 bits per heavy atom. The zero-order valence-electron chi connectivity index (χ0n) is 20.2. The summed E-state index contributed by atoms with van der Waals surface area (Å²) in [7, 11) is 0. The lowest BCUT2D eigenvalue weighted by atomic mass is 10.1. The summed E-state index contributed by atoms with van der Waals surface area (Å²) in [6, 6.07) is 5.30. The lowest BCUT2D eigenvalue weighted by Gasteiger charge is -2.26. The number of aromatic nitrogens is 4. The summed E-state index contributed by atoms with van der Waals surface area (Å²) in [6.45, 7) is 3.27. The molecule has 11 nitrogen and oxygen atoms in total. The Morgan fingerprint density at radius 2 is 1.90 bits per heavy atom. The molecule has 1 saturated heterocycles. The van der Waals surface area contributed by atoms with Crippen LogP contribution in [0.5, 0.6) is 5.75 Å². The second-order valence-electron chi connectivity index (χ2n) is 8.67. The molecule has 1 fully saturated rings. The molecule has 0 aliphatic carbocycles. The van der Waals surface area contributed by atoms with Crippen LogP contribution in [0.4, 0.5) is 39.7 Å². The number of hydrogen-bond acceptors (Lipinski definition) is 8. The van der Waals surface area contributed by atoms with Crippen LogP contribution in [-0.4, -0.2) is 61.9 Å². The molecular weight excluding hydrogens is 524 g/mol. The number of benzene rings is 1. The number of urea groups is 1. The fraction of sp³-hybridized carbons (Fsp3) is 0.250. The average Bonchev–Trinajstić information content (AvgIpc) is 3.26. The first-order valence-electron chi connectivity index (χ1n) is 11.7. The van der Waals surface area contributed by atoms with E-state index >= 15 is 4.39 Å². The molecule has 2 amide bonds. The van der Waals surface area contributed by atoms with E-state index in [9.17, 15) is 23.1 Å². The number of morpholine rings is 1. The Balaban J connectivity index is 1.38. The highest BCUT2D eigenvalue weighted by atomic mass is 19.4. The number of carbonyl (C=O) groups excluding carboxylic acids is 1. The predicted octanol–water partition coefficient (Wildman–Crippen LogP) is 3.71. The smallest absolute Gasteiger partial charge is 0.420 e. The van der Waals surface area contributed by atoms with Crippen LogP contribution in [0.3, 0.4) is 0 Å². The standard InChI is InChI=1S/C24H22F4N8O3/c25-17-9-13(1-2-18(17)33-23(38)34-22-20(37)16(3-4-30-22)24(26,27)28)15-10-14(11-35-5-7-39-8-6-35)36-19(15)21(29)31-12-32-36/h1-4,9-10,12,37H,5-8,11H2,(H2,29,31,32)(H2,30,33,34,38). The number of rotatable bonds is 5. The number of aromatic hydroxyl groups is 1.